The van der Waals surface area contributed by atoms with E-state index in [4.69, 9.17) is 9.84 Å². The minimum Gasteiger partial charge on any atom is -0.481 e. The lowest BCUT2D eigenvalue weighted by molar-refractivity contribution is -0.141. The van der Waals surface area contributed by atoms with Gasteiger partial charge in [-0.25, -0.2) is 4.79 Å². The van der Waals surface area contributed by atoms with E-state index in [1.54, 1.807) is 29.0 Å². The quantitative estimate of drug-likeness (QED) is 0.812. The van der Waals surface area contributed by atoms with Crippen LogP contribution in [0.15, 0.2) is 12.4 Å². The molecule has 0 bridgehead atoms. The maximum Gasteiger partial charge on any atom is 0.322 e. The minimum atomic E-state index is -0.931. The van der Waals surface area contributed by atoms with E-state index in [1.165, 1.54) is 0 Å². The Morgan fingerprint density at radius 2 is 2.42 bits per heavy atom. The van der Waals surface area contributed by atoms with Gasteiger partial charge in [0.05, 0.1) is 31.0 Å². The zero-order chi connectivity index (χ0) is 13.8. The predicted molar refractivity (Wildman–Crippen MR) is 65.8 cm³/mol. The van der Waals surface area contributed by atoms with Gasteiger partial charge in [-0.1, -0.05) is 0 Å². The molecule has 1 aromatic heterocycles. The number of carboxylic acids is 1. The highest BCUT2D eigenvalue weighted by Gasteiger charge is 2.26. The molecule has 2 heterocycles. The number of aromatic nitrogens is 2. The number of nitrogens with zero attached hydrogens (tertiary/aromatic N) is 3. The second kappa shape index (κ2) is 5.70. The van der Waals surface area contributed by atoms with Crippen molar-refractivity contribution in [1.29, 1.82) is 0 Å². The zero-order valence-electron chi connectivity index (χ0n) is 10.6. The third-order valence-electron chi connectivity index (χ3n) is 2.78. The standard InChI is InChI=1S/C11H16N4O4/c1-14-6-8(5-12-14)13-11(18)15-2-3-19-9(7-15)4-10(16)17/h5-6,9H,2-4,7H2,1H3,(H,13,18)(H,16,17). The highest BCUT2D eigenvalue weighted by molar-refractivity contribution is 5.89. The summed E-state index contributed by atoms with van der Waals surface area (Å²) in [7, 11) is 1.76. The molecule has 2 N–H and O–H groups in total. The number of aryl methyl sites for hydroxylation is 1. The molecule has 1 fully saturated rings. The maximum atomic E-state index is 12.0. The Morgan fingerprint density at radius 3 is 3.05 bits per heavy atom. The number of ether oxygens (including phenoxy) is 1. The summed E-state index contributed by atoms with van der Waals surface area (Å²) in [5.74, 6) is -0.931. The van der Waals surface area contributed by atoms with Gasteiger partial charge in [0.25, 0.3) is 0 Å². The molecule has 1 saturated heterocycles. The van der Waals surface area contributed by atoms with Gasteiger partial charge in [0, 0.05) is 26.3 Å². The van der Waals surface area contributed by atoms with Crippen LogP contribution in [-0.2, 0) is 16.6 Å². The Kier molecular flexibility index (Phi) is 4.00. The predicted octanol–water partition coefficient (Wildman–Crippen LogP) is 0.127. The molecule has 1 aliphatic heterocycles. The van der Waals surface area contributed by atoms with Gasteiger partial charge in [-0.3, -0.25) is 9.48 Å². The van der Waals surface area contributed by atoms with E-state index in [-0.39, 0.29) is 19.0 Å². The number of hydrogen-bond acceptors (Lipinski definition) is 4. The van der Waals surface area contributed by atoms with Gasteiger partial charge in [-0.2, -0.15) is 5.10 Å². The summed E-state index contributed by atoms with van der Waals surface area (Å²) < 4.78 is 6.89. The molecular weight excluding hydrogens is 252 g/mol. The van der Waals surface area contributed by atoms with Crippen molar-refractivity contribution in [2.24, 2.45) is 7.05 Å². The molecule has 2 rings (SSSR count). The van der Waals surface area contributed by atoms with Gasteiger partial charge in [-0.15, -0.1) is 0 Å². The van der Waals surface area contributed by atoms with E-state index in [0.29, 0.717) is 18.8 Å². The molecule has 8 nitrogen and oxygen atoms in total. The topological polar surface area (TPSA) is 96.7 Å². The third-order valence-corrected chi connectivity index (χ3v) is 2.78. The van der Waals surface area contributed by atoms with Crippen LogP contribution in [0.3, 0.4) is 0 Å². The summed E-state index contributed by atoms with van der Waals surface area (Å²) in [6.45, 7) is 1.07. The summed E-state index contributed by atoms with van der Waals surface area (Å²) in [4.78, 5) is 24.2. The lowest BCUT2D eigenvalue weighted by Gasteiger charge is -2.32. The number of nitrogens with one attached hydrogen (secondary N) is 1. The van der Waals surface area contributed by atoms with E-state index in [2.05, 4.69) is 10.4 Å². The summed E-state index contributed by atoms with van der Waals surface area (Å²) in [5, 5.41) is 15.4. The number of carboxylic acid groups (broad SMARTS) is 1. The van der Waals surface area contributed by atoms with Crippen molar-refractivity contribution in [3.05, 3.63) is 12.4 Å². The monoisotopic (exact) mass is 268 g/mol. The number of anilines is 1. The van der Waals surface area contributed by atoms with Crippen molar-refractivity contribution >= 4 is 17.7 Å². The van der Waals surface area contributed by atoms with Crippen LogP contribution >= 0.6 is 0 Å². The van der Waals surface area contributed by atoms with Crippen molar-refractivity contribution in [3.63, 3.8) is 0 Å². The van der Waals surface area contributed by atoms with Crippen LogP contribution in [0.5, 0.6) is 0 Å². The lowest BCUT2D eigenvalue weighted by Crippen LogP contribution is -2.47. The van der Waals surface area contributed by atoms with Gasteiger partial charge in [-0.05, 0) is 0 Å². The molecule has 0 aromatic carbocycles. The molecule has 8 heteroatoms. The van der Waals surface area contributed by atoms with Crippen molar-refractivity contribution < 1.29 is 19.4 Å². The fourth-order valence-electron chi connectivity index (χ4n) is 1.91. The zero-order valence-corrected chi connectivity index (χ0v) is 10.6. The summed E-state index contributed by atoms with van der Waals surface area (Å²) in [5.41, 5.74) is 0.605. The van der Waals surface area contributed by atoms with Crippen LogP contribution in [0.1, 0.15) is 6.42 Å². The summed E-state index contributed by atoms with van der Waals surface area (Å²) >= 11 is 0. The number of hydrogen-bond donors (Lipinski definition) is 2. The largest absolute Gasteiger partial charge is 0.481 e. The number of rotatable bonds is 3. The number of amides is 2. The molecule has 0 aliphatic carbocycles. The fraction of sp³-hybridized carbons (Fsp3) is 0.545. The molecule has 0 spiro atoms. The first kappa shape index (κ1) is 13.3. The SMILES string of the molecule is Cn1cc(NC(=O)N2CCOC(CC(=O)O)C2)cn1. The Morgan fingerprint density at radius 1 is 1.63 bits per heavy atom. The van der Waals surface area contributed by atoms with Crippen molar-refractivity contribution in [3.8, 4) is 0 Å². The Labute approximate surface area is 109 Å². The first-order chi connectivity index (χ1) is 9.04. The Balaban J connectivity index is 1.89. The number of morpholine rings is 1. The first-order valence-electron chi connectivity index (χ1n) is 5.92. The van der Waals surface area contributed by atoms with Crippen molar-refractivity contribution in [2.45, 2.75) is 12.5 Å². The van der Waals surface area contributed by atoms with Gasteiger partial charge in [0.1, 0.15) is 0 Å². The third kappa shape index (κ3) is 3.68. The molecule has 0 radical (unpaired) electrons. The molecule has 1 aromatic rings. The average molecular weight is 268 g/mol. The number of urea groups is 1. The molecule has 0 saturated carbocycles. The van der Waals surface area contributed by atoms with E-state index in [9.17, 15) is 9.59 Å². The van der Waals surface area contributed by atoms with Crippen LogP contribution in [0.25, 0.3) is 0 Å². The number of carbonyl (C=O) groups excluding carboxylic acids is 1. The number of carbonyl (C=O) groups is 2. The van der Waals surface area contributed by atoms with Gasteiger partial charge in [0.2, 0.25) is 0 Å². The average Bonchev–Trinajstić information content (AvgIpc) is 2.74. The fourth-order valence-corrected chi connectivity index (χ4v) is 1.91. The van der Waals surface area contributed by atoms with Crippen LogP contribution in [0.4, 0.5) is 10.5 Å². The van der Waals surface area contributed by atoms with Gasteiger partial charge < -0.3 is 20.1 Å². The van der Waals surface area contributed by atoms with Gasteiger partial charge >= 0.3 is 12.0 Å². The molecule has 1 unspecified atom stereocenters. The van der Waals surface area contributed by atoms with Gasteiger partial charge in [0.15, 0.2) is 0 Å². The molecule has 1 aliphatic rings. The second-order valence-electron chi connectivity index (χ2n) is 4.37. The van der Waals surface area contributed by atoms with E-state index >= 15 is 0 Å². The Hall–Kier alpha value is -2.09. The highest BCUT2D eigenvalue weighted by atomic mass is 16.5. The van der Waals surface area contributed by atoms with E-state index in [0.717, 1.165) is 0 Å². The Bertz CT molecular complexity index is 473. The lowest BCUT2D eigenvalue weighted by atomic mass is 10.2. The van der Waals surface area contributed by atoms with Crippen LogP contribution in [0.2, 0.25) is 0 Å². The van der Waals surface area contributed by atoms with Crippen LogP contribution in [0, 0.1) is 0 Å². The minimum absolute atomic E-state index is 0.101. The molecule has 2 amide bonds. The number of aliphatic carboxylic acids is 1. The second-order valence-corrected chi connectivity index (χ2v) is 4.37. The van der Waals surface area contributed by atoms with Crippen LogP contribution in [-0.4, -0.2) is 57.6 Å². The van der Waals surface area contributed by atoms with Crippen molar-refractivity contribution in [2.75, 3.05) is 25.0 Å². The summed E-state index contributed by atoms with van der Waals surface area (Å²) in [6, 6.07) is -0.272. The molecule has 104 valence electrons. The molecular formula is C11H16N4O4. The van der Waals surface area contributed by atoms with E-state index in [1.807, 2.05) is 0 Å². The van der Waals surface area contributed by atoms with Crippen LogP contribution < -0.4 is 5.32 Å². The smallest absolute Gasteiger partial charge is 0.322 e. The summed E-state index contributed by atoms with van der Waals surface area (Å²) in [6.07, 6.45) is 2.68. The first-order valence-corrected chi connectivity index (χ1v) is 5.92. The molecule has 1 atom stereocenters. The normalized spacial score (nSPS) is 19.2. The maximum absolute atomic E-state index is 12.0. The highest BCUT2D eigenvalue weighted by Crippen LogP contribution is 2.11. The van der Waals surface area contributed by atoms with Crippen molar-refractivity contribution in [1.82, 2.24) is 14.7 Å². The van der Waals surface area contributed by atoms with E-state index < -0.39 is 12.1 Å². The molecule has 19 heavy (non-hydrogen) atoms.